The summed E-state index contributed by atoms with van der Waals surface area (Å²) in [5.74, 6) is 1.63. The molecule has 0 aliphatic carbocycles. The SMILES string of the molecule is C.CCCCCO.CCCCCOC1CCOP(=O)(NCCCl)N1CCCl.O=IF.O=P1(NCCCl)OCCCN1CCCl. The fourth-order valence-corrected chi connectivity index (χ4v) is 8.89. The maximum atomic E-state index is 12.8. The molecule has 0 amide bonds. The molecule has 0 bridgehead atoms. The van der Waals surface area contributed by atoms with Crippen LogP contribution in [0.4, 0.5) is 2.86 Å². The monoisotopic (exact) mass is 872 g/mol. The number of aliphatic hydroxyl groups is 1. The van der Waals surface area contributed by atoms with Crippen LogP contribution in [0, 0.1) is 0 Å². The predicted octanol–water partition coefficient (Wildman–Crippen LogP) is 8.29. The van der Waals surface area contributed by atoms with E-state index in [1.807, 2.05) is 0 Å². The zero-order valence-electron chi connectivity index (χ0n) is 25.4. The molecule has 0 spiro atoms. The van der Waals surface area contributed by atoms with Crippen molar-refractivity contribution in [3.05, 3.63) is 0 Å². The summed E-state index contributed by atoms with van der Waals surface area (Å²) in [6, 6.07) is 0. The second kappa shape index (κ2) is 34.6. The van der Waals surface area contributed by atoms with E-state index in [0.29, 0.717) is 82.5 Å². The number of unbranched alkanes of at least 4 members (excludes halogenated alkanes) is 4. The van der Waals surface area contributed by atoms with Crippen LogP contribution in [-0.4, -0.2) is 103 Å². The van der Waals surface area contributed by atoms with Gasteiger partial charge in [0.2, 0.25) is 0 Å². The first-order valence-corrected chi connectivity index (χ1v) is 21.6. The molecule has 0 aromatic carbocycles. The van der Waals surface area contributed by atoms with E-state index in [1.165, 1.54) is 6.42 Å². The number of hydrogen-bond acceptors (Lipinski definition) is 7. The summed E-state index contributed by atoms with van der Waals surface area (Å²) in [5, 5.41) is 14.0. The quantitative estimate of drug-likeness (QED) is 0.0533. The van der Waals surface area contributed by atoms with E-state index >= 15 is 0 Å². The van der Waals surface area contributed by atoms with E-state index in [1.54, 1.807) is 9.34 Å². The number of aliphatic hydroxyl groups excluding tert-OH is 1. The lowest BCUT2D eigenvalue weighted by atomic mass is 10.3. The molecule has 2 rings (SSSR count). The zero-order chi connectivity index (χ0) is 32.8. The highest BCUT2D eigenvalue weighted by Gasteiger charge is 2.40. The van der Waals surface area contributed by atoms with Crippen molar-refractivity contribution >= 4 is 83.5 Å². The number of alkyl halides is 4. The van der Waals surface area contributed by atoms with Crippen LogP contribution in [-0.2, 0) is 26.0 Å². The molecule has 19 heteroatoms. The number of halogens is 6. The summed E-state index contributed by atoms with van der Waals surface area (Å²) in [6.07, 6.45) is 8.03. The minimum absolute atomic E-state index is 0. The molecule has 0 aromatic heterocycles. The van der Waals surface area contributed by atoms with Gasteiger partial charge in [0.15, 0.2) is 0 Å². The molecule has 0 aromatic rings. The maximum absolute atomic E-state index is 12.8. The highest BCUT2D eigenvalue weighted by atomic mass is 127. The van der Waals surface area contributed by atoms with Gasteiger partial charge in [0, 0.05) is 75.9 Å². The molecule has 2 aliphatic rings. The van der Waals surface area contributed by atoms with Crippen LogP contribution in [0.15, 0.2) is 0 Å². The molecular formula is C25H56Cl4FIN4O7P2. The summed E-state index contributed by atoms with van der Waals surface area (Å²) >= 11 is 20.5. The van der Waals surface area contributed by atoms with Gasteiger partial charge in [0.25, 0.3) is 0 Å². The van der Waals surface area contributed by atoms with Crippen molar-refractivity contribution in [2.75, 3.05) is 82.7 Å². The third-order valence-corrected chi connectivity index (χ3v) is 11.1. The second-order valence-corrected chi connectivity index (χ2v) is 15.2. The fraction of sp³-hybridized carbons (Fsp3) is 1.00. The van der Waals surface area contributed by atoms with Crippen molar-refractivity contribution in [1.82, 2.24) is 19.5 Å². The molecule has 0 saturated carbocycles. The molecule has 3 atom stereocenters. The van der Waals surface area contributed by atoms with Crippen molar-refractivity contribution in [3.8, 4) is 0 Å². The largest absolute Gasteiger partial charge is 0.396 e. The van der Waals surface area contributed by atoms with Gasteiger partial charge < -0.3 is 18.9 Å². The molecule has 3 N–H and O–H groups in total. The minimum Gasteiger partial charge on any atom is -0.396 e. The van der Waals surface area contributed by atoms with Crippen LogP contribution < -0.4 is 10.2 Å². The maximum Gasteiger partial charge on any atom is 0.365 e. The van der Waals surface area contributed by atoms with Gasteiger partial charge in [-0.2, -0.15) is 4.67 Å². The summed E-state index contributed by atoms with van der Waals surface area (Å²) in [5.41, 5.74) is 0. The number of nitrogens with one attached hydrogen (secondary N) is 2. The Balaban J connectivity index is -0.000000607. The number of rotatable bonds is 18. The average Bonchev–Trinajstić information content (AvgIpc) is 3.00. The lowest BCUT2D eigenvalue weighted by Gasteiger charge is -2.40. The van der Waals surface area contributed by atoms with Gasteiger partial charge in [0.05, 0.1) is 13.2 Å². The predicted molar refractivity (Wildman–Crippen MR) is 192 cm³/mol. The lowest BCUT2D eigenvalue weighted by molar-refractivity contribution is -0.0545. The van der Waals surface area contributed by atoms with Crippen LogP contribution in [0.3, 0.4) is 0 Å². The second-order valence-electron chi connectivity index (χ2n) is 9.06. The number of nitrogens with zero attached hydrogens (tertiary/aromatic N) is 2. The van der Waals surface area contributed by atoms with E-state index in [2.05, 4.69) is 24.0 Å². The zero-order valence-corrected chi connectivity index (χ0v) is 32.4. The smallest absolute Gasteiger partial charge is 0.365 e. The molecule has 3 unspecified atom stereocenters. The highest BCUT2D eigenvalue weighted by molar-refractivity contribution is 14.1. The van der Waals surface area contributed by atoms with E-state index in [-0.39, 0.29) is 13.7 Å². The van der Waals surface area contributed by atoms with Crippen LogP contribution in [0.25, 0.3) is 0 Å². The van der Waals surface area contributed by atoms with Gasteiger partial charge in [-0.3, -0.25) is 9.13 Å². The topological polar surface area (TPSA) is 130 Å². The average molecular weight is 874 g/mol. The molecule has 0 radical (unpaired) electrons. The first kappa shape index (κ1) is 50.1. The van der Waals surface area contributed by atoms with Gasteiger partial charge in [-0.05, 0) is 19.3 Å². The Morgan fingerprint density at radius 3 is 1.95 bits per heavy atom. The van der Waals surface area contributed by atoms with Gasteiger partial charge in [-0.15, -0.1) is 49.3 Å². The number of hydrogen-bond donors (Lipinski definition) is 3. The molecule has 2 saturated heterocycles. The Hall–Kier alpha value is 1.76. The van der Waals surface area contributed by atoms with Crippen molar-refractivity contribution in [2.24, 2.45) is 0 Å². The Morgan fingerprint density at radius 2 is 1.45 bits per heavy atom. The molecule has 2 heterocycles. The standard InChI is InChI=1S/C12H25Cl2N2O3P.C7H15Cl2N2O2P.C5H12O.CH4.FIO/c1-2-3-4-10-18-12-5-11-19-20(17,15-8-6-13)16(12)9-7-14;8-2-4-10-14(12)11(6-3-9)5-1-7-13-14;1-2-3-4-5-6;;1-2-3/h12H,2-11H2,1H3,(H,15,17);1-7H2,(H,10,12);6H,2-5H2,1H3;1H4;. The molecule has 44 heavy (non-hydrogen) atoms. The van der Waals surface area contributed by atoms with Crippen molar-refractivity contribution in [1.29, 1.82) is 0 Å². The Kier molecular flexibility index (Phi) is 39.4. The van der Waals surface area contributed by atoms with Crippen molar-refractivity contribution < 1.29 is 33.9 Å². The Bertz CT molecular complexity index is 746. The van der Waals surface area contributed by atoms with E-state index in [4.69, 9.17) is 68.4 Å². The summed E-state index contributed by atoms with van der Waals surface area (Å²) in [7, 11) is -5.92. The Morgan fingerprint density at radius 1 is 0.909 bits per heavy atom. The van der Waals surface area contributed by atoms with Gasteiger partial charge in [0.1, 0.15) is 6.23 Å². The molecule has 270 valence electrons. The highest BCUT2D eigenvalue weighted by Crippen LogP contribution is 2.51. The fourth-order valence-electron chi connectivity index (χ4n) is 3.77. The van der Waals surface area contributed by atoms with Crippen molar-refractivity contribution in [3.63, 3.8) is 0 Å². The van der Waals surface area contributed by atoms with Crippen molar-refractivity contribution in [2.45, 2.75) is 78.9 Å². The molecular weight excluding hydrogens is 818 g/mol. The van der Waals surface area contributed by atoms with E-state index in [0.717, 1.165) is 45.1 Å². The first-order chi connectivity index (χ1) is 20.7. The third kappa shape index (κ3) is 24.0. The van der Waals surface area contributed by atoms with Crippen LogP contribution in [0.1, 0.15) is 72.6 Å². The third-order valence-electron chi connectivity index (χ3n) is 5.79. The van der Waals surface area contributed by atoms with Crippen LogP contribution in [0.5, 0.6) is 0 Å². The summed E-state index contributed by atoms with van der Waals surface area (Å²) in [4.78, 5) is 0. The molecule has 2 fully saturated rings. The minimum atomic E-state index is -3.08. The van der Waals surface area contributed by atoms with E-state index < -0.39 is 37.1 Å². The first-order valence-electron chi connectivity index (χ1n) is 14.6. The number of ether oxygens (including phenoxy) is 1. The summed E-state index contributed by atoms with van der Waals surface area (Å²) in [6.45, 7) is 8.97. The van der Waals surface area contributed by atoms with Gasteiger partial charge in [-0.1, -0.05) is 47.0 Å². The van der Waals surface area contributed by atoms with Gasteiger partial charge >= 0.3 is 37.1 Å². The molecule has 2 aliphatic heterocycles. The van der Waals surface area contributed by atoms with E-state index in [9.17, 15) is 12.0 Å². The molecule has 11 nitrogen and oxygen atoms in total. The summed E-state index contributed by atoms with van der Waals surface area (Å²) < 4.78 is 63.3. The lowest BCUT2D eigenvalue weighted by Crippen LogP contribution is -2.45. The normalized spacial score (nSPS) is 23.6. The van der Waals surface area contributed by atoms with Crippen LogP contribution >= 0.6 is 83.5 Å². The van der Waals surface area contributed by atoms with Gasteiger partial charge in [-0.25, -0.2) is 17.9 Å². The Labute approximate surface area is 296 Å². The van der Waals surface area contributed by atoms with Crippen LogP contribution in [0.2, 0.25) is 0 Å².